The molecule has 0 radical (unpaired) electrons. The number of guanidine groups is 2. The first-order valence-corrected chi connectivity index (χ1v) is 11.6. The summed E-state index contributed by atoms with van der Waals surface area (Å²) in [6, 6.07) is 15.5. The van der Waals surface area contributed by atoms with Gasteiger partial charge in [-0.15, -0.1) is 0 Å². The number of nitrogens with one attached hydrogen (secondary N) is 4. The molecule has 0 unspecified atom stereocenters. The molecule has 1 amide bonds. The molecular weight excluding hydrogens is 430 g/mol. The SMILES string of the molecule is CNC(=N)N1CCN(c2ccc(C(=O)Nc3ccc(N4CCN(C(=N)N)CC4)cc3)cc2)CC1. The summed E-state index contributed by atoms with van der Waals surface area (Å²) in [4.78, 5) is 21.1. The summed E-state index contributed by atoms with van der Waals surface area (Å²) in [6.07, 6.45) is 0. The third-order valence-corrected chi connectivity index (χ3v) is 6.44. The van der Waals surface area contributed by atoms with E-state index in [2.05, 4.69) is 20.4 Å². The van der Waals surface area contributed by atoms with Crippen LogP contribution in [0.4, 0.5) is 17.1 Å². The quantitative estimate of drug-likeness (QED) is 0.341. The Balaban J connectivity index is 1.29. The average Bonchev–Trinajstić information content (AvgIpc) is 2.89. The van der Waals surface area contributed by atoms with E-state index in [4.69, 9.17) is 16.6 Å². The van der Waals surface area contributed by atoms with Crippen molar-refractivity contribution in [2.45, 2.75) is 0 Å². The van der Waals surface area contributed by atoms with Crippen molar-refractivity contribution in [1.82, 2.24) is 15.1 Å². The molecule has 4 rings (SSSR count). The topological polar surface area (TPSA) is 128 Å². The van der Waals surface area contributed by atoms with Crippen LogP contribution in [0.15, 0.2) is 48.5 Å². The molecule has 0 aromatic heterocycles. The van der Waals surface area contributed by atoms with Crippen LogP contribution in [0.5, 0.6) is 0 Å². The van der Waals surface area contributed by atoms with Crippen molar-refractivity contribution in [2.24, 2.45) is 5.73 Å². The van der Waals surface area contributed by atoms with Gasteiger partial charge in [0.25, 0.3) is 5.91 Å². The summed E-state index contributed by atoms with van der Waals surface area (Å²) in [7, 11) is 1.77. The van der Waals surface area contributed by atoms with E-state index in [9.17, 15) is 4.79 Å². The van der Waals surface area contributed by atoms with E-state index >= 15 is 0 Å². The van der Waals surface area contributed by atoms with E-state index in [-0.39, 0.29) is 11.9 Å². The molecular formula is C24H33N9O. The second kappa shape index (κ2) is 10.3. The Labute approximate surface area is 200 Å². The summed E-state index contributed by atoms with van der Waals surface area (Å²) in [5, 5.41) is 21.3. The molecule has 180 valence electrons. The van der Waals surface area contributed by atoms with Gasteiger partial charge in [-0.1, -0.05) is 0 Å². The summed E-state index contributed by atoms with van der Waals surface area (Å²) in [6.45, 7) is 6.36. The van der Waals surface area contributed by atoms with Crippen molar-refractivity contribution in [3.05, 3.63) is 54.1 Å². The van der Waals surface area contributed by atoms with Gasteiger partial charge in [-0.25, -0.2) is 0 Å². The fourth-order valence-electron chi connectivity index (χ4n) is 4.33. The molecule has 0 bridgehead atoms. The van der Waals surface area contributed by atoms with Gasteiger partial charge in [0, 0.05) is 82.0 Å². The van der Waals surface area contributed by atoms with Crippen molar-refractivity contribution in [3.8, 4) is 0 Å². The molecule has 2 fully saturated rings. The highest BCUT2D eigenvalue weighted by atomic mass is 16.1. The lowest BCUT2D eigenvalue weighted by Crippen LogP contribution is -2.51. The molecule has 2 aliphatic heterocycles. The lowest BCUT2D eigenvalue weighted by atomic mass is 10.1. The highest BCUT2D eigenvalue weighted by Crippen LogP contribution is 2.21. The van der Waals surface area contributed by atoms with Crippen LogP contribution in [0.25, 0.3) is 0 Å². The Kier molecular flexibility index (Phi) is 7.05. The number of rotatable bonds is 4. The van der Waals surface area contributed by atoms with E-state index in [1.54, 1.807) is 7.05 Å². The summed E-state index contributed by atoms with van der Waals surface area (Å²) in [5.41, 5.74) is 9.11. The number of nitrogens with two attached hydrogens (primary N) is 1. The smallest absolute Gasteiger partial charge is 0.255 e. The Morgan fingerprint density at radius 1 is 0.765 bits per heavy atom. The third-order valence-electron chi connectivity index (χ3n) is 6.44. The van der Waals surface area contributed by atoms with Crippen LogP contribution < -0.4 is 26.2 Å². The molecule has 6 N–H and O–H groups in total. The van der Waals surface area contributed by atoms with Crippen molar-refractivity contribution in [1.29, 1.82) is 10.8 Å². The fraction of sp³-hybridized carbons (Fsp3) is 0.375. The predicted octanol–water partition coefficient (Wildman–Crippen LogP) is 1.23. The van der Waals surface area contributed by atoms with E-state index in [0.29, 0.717) is 11.5 Å². The number of carbonyl (C=O) groups excluding carboxylic acids is 1. The molecule has 0 saturated carbocycles. The summed E-state index contributed by atoms with van der Waals surface area (Å²) >= 11 is 0. The molecule has 10 nitrogen and oxygen atoms in total. The molecule has 34 heavy (non-hydrogen) atoms. The highest BCUT2D eigenvalue weighted by molar-refractivity contribution is 6.04. The first kappa shape index (κ1) is 23.2. The van der Waals surface area contributed by atoms with Crippen LogP contribution in [0, 0.1) is 10.8 Å². The second-order valence-corrected chi connectivity index (χ2v) is 8.48. The Morgan fingerprint density at radius 3 is 1.71 bits per heavy atom. The zero-order chi connectivity index (χ0) is 24.1. The molecule has 0 aliphatic carbocycles. The van der Waals surface area contributed by atoms with Crippen LogP contribution in [-0.4, -0.2) is 87.0 Å². The van der Waals surface area contributed by atoms with Gasteiger partial charge in [-0.05, 0) is 48.5 Å². The van der Waals surface area contributed by atoms with E-state index in [1.165, 1.54) is 0 Å². The standard InChI is InChI=1S/C24H33N9O/c1-28-24(27)33-16-12-31(13-17-33)20-6-2-18(3-7-20)22(34)29-19-4-8-21(9-5-19)30-10-14-32(15-11-30)23(25)26/h2-9H,10-17H2,1H3,(H3,25,26)(H2,27,28)(H,29,34). The van der Waals surface area contributed by atoms with Crippen LogP contribution in [0.3, 0.4) is 0 Å². The van der Waals surface area contributed by atoms with Crippen molar-refractivity contribution >= 4 is 34.9 Å². The number of nitrogens with zero attached hydrogens (tertiary/aromatic N) is 4. The first-order chi connectivity index (χ1) is 16.4. The highest BCUT2D eigenvalue weighted by Gasteiger charge is 2.20. The van der Waals surface area contributed by atoms with E-state index in [1.807, 2.05) is 58.3 Å². The van der Waals surface area contributed by atoms with Crippen molar-refractivity contribution < 1.29 is 4.79 Å². The Bertz CT molecular complexity index is 1010. The predicted molar refractivity (Wildman–Crippen MR) is 137 cm³/mol. The molecule has 10 heteroatoms. The largest absolute Gasteiger partial charge is 0.370 e. The van der Waals surface area contributed by atoms with Crippen LogP contribution in [-0.2, 0) is 0 Å². The number of piperazine rings is 2. The lowest BCUT2D eigenvalue weighted by Gasteiger charge is -2.37. The van der Waals surface area contributed by atoms with Gasteiger partial charge >= 0.3 is 0 Å². The lowest BCUT2D eigenvalue weighted by molar-refractivity contribution is 0.102. The molecule has 2 aromatic rings. The molecule has 2 saturated heterocycles. The second-order valence-electron chi connectivity index (χ2n) is 8.48. The zero-order valence-electron chi connectivity index (χ0n) is 19.6. The average molecular weight is 464 g/mol. The van der Waals surface area contributed by atoms with Crippen LogP contribution in [0.2, 0.25) is 0 Å². The summed E-state index contributed by atoms with van der Waals surface area (Å²) < 4.78 is 0. The maximum Gasteiger partial charge on any atom is 0.255 e. The molecule has 0 spiro atoms. The van der Waals surface area contributed by atoms with Crippen LogP contribution in [0.1, 0.15) is 10.4 Å². The number of hydrogen-bond donors (Lipinski definition) is 5. The summed E-state index contributed by atoms with van der Waals surface area (Å²) in [5.74, 6) is 0.441. The van der Waals surface area contributed by atoms with E-state index in [0.717, 1.165) is 69.4 Å². The number of amides is 1. The number of benzene rings is 2. The molecule has 0 atom stereocenters. The molecule has 2 aliphatic rings. The van der Waals surface area contributed by atoms with Crippen molar-refractivity contribution in [3.63, 3.8) is 0 Å². The Morgan fingerprint density at radius 2 is 1.24 bits per heavy atom. The van der Waals surface area contributed by atoms with E-state index < -0.39 is 0 Å². The minimum atomic E-state index is -0.137. The van der Waals surface area contributed by atoms with Gasteiger partial charge in [-0.3, -0.25) is 15.6 Å². The van der Waals surface area contributed by atoms with Gasteiger partial charge in [0.1, 0.15) is 0 Å². The zero-order valence-corrected chi connectivity index (χ0v) is 19.6. The minimum Gasteiger partial charge on any atom is -0.370 e. The van der Waals surface area contributed by atoms with Crippen LogP contribution >= 0.6 is 0 Å². The normalized spacial score (nSPS) is 16.3. The third kappa shape index (κ3) is 5.33. The molecule has 2 aromatic carbocycles. The van der Waals surface area contributed by atoms with Crippen molar-refractivity contribution in [2.75, 3.05) is 74.5 Å². The number of anilines is 3. The monoisotopic (exact) mass is 463 g/mol. The number of hydrogen-bond acceptors (Lipinski definition) is 5. The molecule has 2 heterocycles. The maximum absolute atomic E-state index is 12.7. The maximum atomic E-state index is 12.7. The number of carbonyl (C=O) groups is 1. The first-order valence-electron chi connectivity index (χ1n) is 11.6. The van der Waals surface area contributed by atoms with Gasteiger partial charge in [0.05, 0.1) is 0 Å². The minimum absolute atomic E-state index is 0.124. The fourth-order valence-corrected chi connectivity index (χ4v) is 4.33. The van der Waals surface area contributed by atoms with Gasteiger partial charge in [-0.2, -0.15) is 0 Å². The van der Waals surface area contributed by atoms with Gasteiger partial charge < -0.3 is 36.0 Å². The van der Waals surface area contributed by atoms with Gasteiger partial charge in [0.2, 0.25) is 0 Å². The van der Waals surface area contributed by atoms with Gasteiger partial charge in [0.15, 0.2) is 11.9 Å². The Hall–Kier alpha value is -3.95.